The van der Waals surface area contributed by atoms with Crippen molar-refractivity contribution < 1.29 is 4.79 Å². The molecule has 4 nitrogen and oxygen atoms in total. The van der Waals surface area contributed by atoms with E-state index in [9.17, 15) is 0 Å². The summed E-state index contributed by atoms with van der Waals surface area (Å²) in [6, 6.07) is 83.5. The summed E-state index contributed by atoms with van der Waals surface area (Å²) in [5, 5.41) is 0. The van der Waals surface area contributed by atoms with Gasteiger partial charge in [0, 0.05) is 22.3 Å². The second-order valence-electron chi connectivity index (χ2n) is 18.9. The van der Waals surface area contributed by atoms with Gasteiger partial charge in [-0.05, 0) is 113 Å². The van der Waals surface area contributed by atoms with Crippen LogP contribution in [0.1, 0.15) is 77.1 Å². The zero-order chi connectivity index (χ0) is 47.3. The van der Waals surface area contributed by atoms with Crippen LogP contribution in [0.5, 0.6) is 0 Å². The van der Waals surface area contributed by atoms with Gasteiger partial charge in [-0.1, -0.05) is 224 Å². The number of benzene rings is 10. The molecule has 0 fully saturated rings. The molecule has 4 aliphatic rings. The highest BCUT2D eigenvalue weighted by molar-refractivity contribution is 6.13. The van der Waals surface area contributed by atoms with E-state index >= 15 is 4.79 Å². The normalized spacial score (nSPS) is 14.5. The molecular formula is C67H43N3O. The number of rotatable bonds is 6. The van der Waals surface area contributed by atoms with Crippen molar-refractivity contribution in [2.24, 2.45) is 15.0 Å². The summed E-state index contributed by atoms with van der Waals surface area (Å²) in [7, 11) is 0. The van der Waals surface area contributed by atoms with Crippen molar-refractivity contribution in [3.05, 3.63) is 309 Å². The molecule has 0 bridgehead atoms. The molecular weight excluding hydrogens is 863 g/mol. The maximum absolute atomic E-state index is 15.5. The molecule has 2 spiro atoms. The molecule has 332 valence electrons. The summed E-state index contributed by atoms with van der Waals surface area (Å²) < 4.78 is 0. The third-order valence-corrected chi connectivity index (χ3v) is 15.5. The molecule has 0 N–H and O–H groups in total. The van der Waals surface area contributed by atoms with Crippen molar-refractivity contribution in [2.45, 2.75) is 17.4 Å². The maximum atomic E-state index is 15.5. The Balaban J connectivity index is 0.915. The van der Waals surface area contributed by atoms with E-state index in [1.165, 1.54) is 66.8 Å². The average molecular weight is 906 g/mol. The van der Waals surface area contributed by atoms with Gasteiger partial charge in [-0.2, -0.15) is 0 Å². The topological polar surface area (TPSA) is 54.1 Å². The van der Waals surface area contributed by atoms with Gasteiger partial charge in [0.15, 0.2) is 17.5 Å². The minimum atomic E-state index is -0.678. The summed E-state index contributed by atoms with van der Waals surface area (Å²) >= 11 is 0. The van der Waals surface area contributed by atoms with E-state index in [4.69, 9.17) is 9.98 Å². The van der Waals surface area contributed by atoms with Crippen molar-refractivity contribution in [1.29, 1.82) is 0 Å². The lowest BCUT2D eigenvalue weighted by Crippen LogP contribution is -2.26. The van der Waals surface area contributed by atoms with Gasteiger partial charge >= 0.3 is 0 Å². The molecule has 0 radical (unpaired) electrons. The first-order chi connectivity index (χ1) is 35.1. The van der Waals surface area contributed by atoms with Crippen LogP contribution >= 0.6 is 0 Å². The van der Waals surface area contributed by atoms with E-state index in [1.54, 1.807) is 0 Å². The Morgan fingerprint density at radius 2 is 0.676 bits per heavy atom. The fourth-order valence-electron chi connectivity index (χ4n) is 12.7. The minimum Gasteiger partial charge on any atom is -0.289 e. The fraction of sp³-hybridized carbons (Fsp3) is 0.0448. The second kappa shape index (κ2) is 15.7. The van der Waals surface area contributed by atoms with Gasteiger partial charge in [0.2, 0.25) is 0 Å². The van der Waals surface area contributed by atoms with Crippen molar-refractivity contribution in [2.75, 3.05) is 0 Å². The summed E-state index contributed by atoms with van der Waals surface area (Å²) in [6.07, 6.45) is 0. The number of hydrogen-bond donors (Lipinski definition) is 0. The zero-order valence-corrected chi connectivity index (χ0v) is 38.7. The summed E-state index contributed by atoms with van der Waals surface area (Å²) in [5.41, 5.74) is 22.1. The average Bonchev–Trinajstić information content (AvgIpc) is 4.12. The maximum Gasteiger partial charge on any atom is 0.193 e. The summed E-state index contributed by atoms with van der Waals surface area (Å²) in [6.45, 7) is 4.25. The van der Waals surface area contributed by atoms with Crippen LogP contribution in [0, 0.1) is 0 Å². The van der Waals surface area contributed by atoms with E-state index in [0.29, 0.717) is 29.3 Å². The van der Waals surface area contributed by atoms with Crippen molar-refractivity contribution in [1.82, 2.24) is 0 Å². The van der Waals surface area contributed by atoms with Gasteiger partial charge in [-0.3, -0.25) is 9.79 Å². The number of amidine groups is 2. The Morgan fingerprint density at radius 1 is 0.338 bits per heavy atom. The van der Waals surface area contributed by atoms with Crippen molar-refractivity contribution in [3.63, 3.8) is 0 Å². The SMILES string of the molecule is C=NC(=NC(=NCc1ccc2c(c1)C1(c3ccccc3-c3ccccc31)c1cc(C(=O)c3ccc4c(c3)C3(c5ccccc5-c5ccccc53)c3ccccc3-4)ccc1-2)c1ccccc1)c1ccccc1. The van der Waals surface area contributed by atoms with Crippen molar-refractivity contribution in [3.8, 4) is 44.5 Å². The molecule has 10 aromatic rings. The standard InChI is InChI=1S/C67H43N3O/c1-68-64(43-18-4-2-5-19-43)70-65(44-20-6-3-7-21-44)69-41-42-32-35-52-54-37-34-46(40-62(54)67(60(52)38-42)58-30-16-10-24-49(58)50-25-11-17-31-59(50)67)63(71)45-33-36-53-51-26-12-15-29-57(51)66(61(53)39-45)55-27-13-8-22-47(55)48-23-9-14-28-56(48)66/h2-40H,1,41H2. The van der Waals surface area contributed by atoms with E-state index in [-0.39, 0.29) is 5.78 Å². The Hall–Kier alpha value is -9.12. The van der Waals surface area contributed by atoms with Crippen LogP contribution in [0.4, 0.5) is 0 Å². The number of carbonyl (C=O) groups excluding carboxylic acids is 1. The van der Waals surface area contributed by atoms with Crippen LogP contribution in [-0.4, -0.2) is 24.2 Å². The summed E-state index contributed by atoms with van der Waals surface area (Å²) in [5.74, 6) is 1.09. The van der Waals surface area contributed by atoms with Crippen LogP contribution in [0.15, 0.2) is 252 Å². The lowest BCUT2D eigenvalue weighted by molar-refractivity contribution is 0.103. The molecule has 4 aliphatic carbocycles. The van der Waals surface area contributed by atoms with Gasteiger partial charge in [-0.25, -0.2) is 9.98 Å². The molecule has 4 heteroatoms. The van der Waals surface area contributed by atoms with Gasteiger partial charge < -0.3 is 0 Å². The molecule has 0 heterocycles. The number of carbonyl (C=O) groups is 1. The van der Waals surface area contributed by atoms with Crippen LogP contribution in [0.2, 0.25) is 0 Å². The first-order valence-electron chi connectivity index (χ1n) is 24.3. The number of aliphatic imine (C=N–C) groups is 3. The Morgan fingerprint density at radius 3 is 1.10 bits per heavy atom. The Labute approximate surface area is 412 Å². The Bertz CT molecular complexity index is 3850. The highest BCUT2D eigenvalue weighted by Gasteiger charge is 2.53. The van der Waals surface area contributed by atoms with E-state index in [0.717, 1.165) is 38.9 Å². The van der Waals surface area contributed by atoms with Gasteiger partial charge in [0.25, 0.3) is 0 Å². The fourth-order valence-corrected chi connectivity index (χ4v) is 12.7. The predicted octanol–water partition coefficient (Wildman–Crippen LogP) is 14.7. The van der Waals surface area contributed by atoms with Crippen molar-refractivity contribution >= 4 is 24.2 Å². The molecule has 14 rings (SSSR count). The highest BCUT2D eigenvalue weighted by Crippen LogP contribution is 2.64. The van der Waals surface area contributed by atoms with E-state index in [1.807, 2.05) is 72.8 Å². The minimum absolute atomic E-state index is 0.000134. The first kappa shape index (κ1) is 40.9. The van der Waals surface area contributed by atoms with E-state index < -0.39 is 10.8 Å². The lowest BCUT2D eigenvalue weighted by Gasteiger charge is -2.31. The molecule has 0 unspecified atom stereocenters. The van der Waals surface area contributed by atoms with Crippen LogP contribution in [-0.2, 0) is 17.4 Å². The number of fused-ring (bicyclic) bond motifs is 20. The number of hydrogen-bond acceptors (Lipinski definition) is 2. The van der Waals surface area contributed by atoms with Crippen LogP contribution in [0.3, 0.4) is 0 Å². The highest BCUT2D eigenvalue weighted by atomic mass is 16.1. The van der Waals surface area contributed by atoms with Gasteiger partial charge in [0.1, 0.15) is 0 Å². The number of nitrogens with zero attached hydrogens (tertiary/aromatic N) is 3. The first-order valence-corrected chi connectivity index (χ1v) is 24.3. The molecule has 0 atom stereocenters. The molecule has 0 saturated heterocycles. The number of ketones is 1. The summed E-state index contributed by atoms with van der Waals surface area (Å²) in [4.78, 5) is 30.0. The van der Waals surface area contributed by atoms with Gasteiger partial charge in [-0.15, -0.1) is 0 Å². The van der Waals surface area contributed by atoms with Gasteiger partial charge in [0.05, 0.1) is 17.4 Å². The van der Waals surface area contributed by atoms with Crippen LogP contribution in [0.25, 0.3) is 44.5 Å². The predicted molar refractivity (Wildman–Crippen MR) is 288 cm³/mol. The molecule has 0 saturated carbocycles. The molecule has 0 aliphatic heterocycles. The third kappa shape index (κ3) is 5.73. The third-order valence-electron chi connectivity index (χ3n) is 15.5. The quantitative estimate of drug-likeness (QED) is 0.0932. The monoisotopic (exact) mass is 905 g/mol. The molecule has 0 aromatic heterocycles. The molecule has 71 heavy (non-hydrogen) atoms. The molecule has 0 amide bonds. The zero-order valence-electron chi connectivity index (χ0n) is 38.7. The largest absolute Gasteiger partial charge is 0.289 e. The second-order valence-corrected chi connectivity index (χ2v) is 18.9. The molecule has 10 aromatic carbocycles. The smallest absolute Gasteiger partial charge is 0.193 e. The van der Waals surface area contributed by atoms with E-state index in [2.05, 4.69) is 176 Å². The van der Waals surface area contributed by atoms with Crippen LogP contribution < -0.4 is 0 Å². The Kier molecular flexibility index (Phi) is 9.05. The lowest BCUT2D eigenvalue weighted by atomic mass is 9.69.